The van der Waals surface area contributed by atoms with Gasteiger partial charge in [-0.15, -0.1) is 11.3 Å². The third-order valence-electron chi connectivity index (χ3n) is 2.86. The first kappa shape index (κ1) is 15.2. The summed E-state index contributed by atoms with van der Waals surface area (Å²) in [7, 11) is 0. The molecule has 0 fully saturated rings. The minimum absolute atomic E-state index is 0.102. The summed E-state index contributed by atoms with van der Waals surface area (Å²) in [5.41, 5.74) is 6.15. The number of urea groups is 1. The van der Waals surface area contributed by atoms with Crippen molar-refractivity contribution in [1.29, 1.82) is 0 Å². The zero-order valence-corrected chi connectivity index (χ0v) is 12.3. The number of pyridine rings is 1. The molecule has 6 heteroatoms. The van der Waals surface area contributed by atoms with Crippen LogP contribution in [0.25, 0.3) is 0 Å². The summed E-state index contributed by atoms with van der Waals surface area (Å²) in [6.07, 6.45) is 8.90. The number of amides is 2. The lowest BCUT2D eigenvalue weighted by molar-refractivity contribution is -0.0288. The molecule has 0 radical (unpaired) electrons. The predicted molar refractivity (Wildman–Crippen MR) is 82.3 cm³/mol. The van der Waals surface area contributed by atoms with Crippen molar-refractivity contribution in [1.82, 2.24) is 10.0 Å². The zero-order valence-electron chi connectivity index (χ0n) is 11.5. The molecule has 0 aliphatic heterocycles. The highest BCUT2D eigenvalue weighted by Gasteiger charge is 2.02. The fourth-order valence-corrected chi connectivity index (χ4v) is 2.82. The van der Waals surface area contributed by atoms with E-state index in [1.807, 2.05) is 18.2 Å². The van der Waals surface area contributed by atoms with Crippen molar-refractivity contribution >= 4 is 17.4 Å². The minimum atomic E-state index is -0.851. The summed E-state index contributed by atoms with van der Waals surface area (Å²) in [6.45, 7) is 0.102. The van der Waals surface area contributed by atoms with Gasteiger partial charge in [0, 0.05) is 28.6 Å². The second kappa shape index (κ2) is 7.56. The lowest BCUT2D eigenvalue weighted by atomic mass is 10.2. The summed E-state index contributed by atoms with van der Waals surface area (Å²) < 4.78 is 0. The van der Waals surface area contributed by atoms with E-state index in [-0.39, 0.29) is 6.54 Å². The SMILES string of the molecule is NC(=O)N(O)C/C=C\Cc1ccc(Cc2ccncc2)s1. The van der Waals surface area contributed by atoms with Crippen LogP contribution in [0.3, 0.4) is 0 Å². The summed E-state index contributed by atoms with van der Waals surface area (Å²) in [5.74, 6) is 0. The van der Waals surface area contributed by atoms with Gasteiger partial charge in [-0.05, 0) is 36.2 Å². The number of allylic oxidation sites excluding steroid dienone is 1. The average molecular weight is 303 g/mol. The molecule has 5 nitrogen and oxygen atoms in total. The second-order valence-corrected chi connectivity index (χ2v) is 5.75. The standard InChI is InChI=1S/C15H17N3O2S/c16-15(19)18(20)10-2-1-3-13-4-5-14(21-13)11-12-6-8-17-9-7-12/h1-2,4-9,20H,3,10-11H2,(H2,16,19)/b2-1-. The number of thiophene rings is 1. The van der Waals surface area contributed by atoms with Gasteiger partial charge in [-0.1, -0.05) is 12.2 Å². The number of hydrogen-bond acceptors (Lipinski definition) is 4. The van der Waals surface area contributed by atoms with Crippen LogP contribution in [0.2, 0.25) is 0 Å². The van der Waals surface area contributed by atoms with Gasteiger partial charge in [-0.3, -0.25) is 10.2 Å². The smallest absolute Gasteiger partial charge is 0.338 e. The van der Waals surface area contributed by atoms with Gasteiger partial charge in [0.25, 0.3) is 0 Å². The average Bonchev–Trinajstić information content (AvgIpc) is 2.92. The number of carbonyl (C=O) groups is 1. The normalized spacial score (nSPS) is 10.9. The third kappa shape index (κ3) is 5.02. The van der Waals surface area contributed by atoms with E-state index < -0.39 is 6.03 Å². The van der Waals surface area contributed by atoms with Crippen molar-refractivity contribution < 1.29 is 10.0 Å². The van der Waals surface area contributed by atoms with Gasteiger partial charge < -0.3 is 5.73 Å². The Morgan fingerprint density at radius 3 is 2.67 bits per heavy atom. The fourth-order valence-electron chi connectivity index (χ4n) is 1.79. The molecule has 0 aliphatic rings. The van der Waals surface area contributed by atoms with E-state index in [4.69, 9.17) is 10.9 Å². The van der Waals surface area contributed by atoms with Crippen LogP contribution >= 0.6 is 11.3 Å². The molecule has 0 aromatic carbocycles. The number of hydroxylamine groups is 2. The van der Waals surface area contributed by atoms with E-state index in [1.165, 1.54) is 15.3 Å². The van der Waals surface area contributed by atoms with Gasteiger partial charge in [0.1, 0.15) is 0 Å². The molecule has 2 rings (SSSR count). The highest BCUT2D eigenvalue weighted by Crippen LogP contribution is 2.20. The number of aromatic nitrogens is 1. The van der Waals surface area contributed by atoms with Gasteiger partial charge in [0.05, 0.1) is 6.54 Å². The summed E-state index contributed by atoms with van der Waals surface area (Å²) in [5, 5.41) is 9.57. The molecule has 0 saturated carbocycles. The Morgan fingerprint density at radius 1 is 1.24 bits per heavy atom. The van der Waals surface area contributed by atoms with Crippen molar-refractivity contribution in [3.8, 4) is 0 Å². The maximum Gasteiger partial charge on any atom is 0.338 e. The Morgan fingerprint density at radius 2 is 1.95 bits per heavy atom. The van der Waals surface area contributed by atoms with Crippen molar-refractivity contribution in [2.75, 3.05) is 6.54 Å². The van der Waals surface area contributed by atoms with Crippen molar-refractivity contribution in [3.63, 3.8) is 0 Å². The van der Waals surface area contributed by atoms with E-state index in [1.54, 1.807) is 29.8 Å². The van der Waals surface area contributed by atoms with Crippen molar-refractivity contribution in [2.24, 2.45) is 5.73 Å². The second-order valence-electron chi connectivity index (χ2n) is 4.50. The Bertz CT molecular complexity index is 610. The van der Waals surface area contributed by atoms with Gasteiger partial charge in [0.2, 0.25) is 0 Å². The number of hydrogen-bond donors (Lipinski definition) is 2. The predicted octanol–water partition coefficient (Wildman–Crippen LogP) is 2.60. The molecule has 0 spiro atoms. The van der Waals surface area contributed by atoms with E-state index in [9.17, 15) is 4.79 Å². The molecule has 0 unspecified atom stereocenters. The monoisotopic (exact) mass is 303 g/mol. The van der Waals surface area contributed by atoms with Crippen LogP contribution in [-0.4, -0.2) is 27.8 Å². The van der Waals surface area contributed by atoms with Crippen LogP contribution in [0.4, 0.5) is 4.79 Å². The Balaban J connectivity index is 1.83. The quantitative estimate of drug-likeness (QED) is 0.489. The summed E-state index contributed by atoms with van der Waals surface area (Å²) >= 11 is 1.75. The molecule has 2 aromatic heterocycles. The Hall–Kier alpha value is -2.18. The molecule has 0 saturated heterocycles. The molecule has 110 valence electrons. The van der Waals surface area contributed by atoms with E-state index in [0.29, 0.717) is 5.06 Å². The van der Waals surface area contributed by atoms with Crippen LogP contribution in [0.5, 0.6) is 0 Å². The molecule has 21 heavy (non-hydrogen) atoms. The first-order valence-electron chi connectivity index (χ1n) is 6.52. The summed E-state index contributed by atoms with van der Waals surface area (Å²) in [6, 6.07) is 7.39. The highest BCUT2D eigenvalue weighted by molar-refractivity contribution is 7.12. The summed E-state index contributed by atoms with van der Waals surface area (Å²) in [4.78, 5) is 17.1. The lowest BCUT2D eigenvalue weighted by Gasteiger charge is -2.07. The molecule has 2 heterocycles. The van der Waals surface area contributed by atoms with Crippen LogP contribution in [-0.2, 0) is 12.8 Å². The molecule has 0 bridgehead atoms. The molecule has 0 aliphatic carbocycles. The van der Waals surface area contributed by atoms with E-state index in [0.717, 1.165) is 12.8 Å². The highest BCUT2D eigenvalue weighted by atomic mass is 32.1. The molecule has 2 amide bonds. The van der Waals surface area contributed by atoms with E-state index >= 15 is 0 Å². The topological polar surface area (TPSA) is 79.5 Å². The van der Waals surface area contributed by atoms with Crippen molar-refractivity contribution in [3.05, 3.63) is 64.1 Å². The fraction of sp³-hybridized carbons (Fsp3) is 0.200. The number of rotatable bonds is 6. The van der Waals surface area contributed by atoms with Crippen molar-refractivity contribution in [2.45, 2.75) is 12.8 Å². The molecule has 3 N–H and O–H groups in total. The largest absolute Gasteiger partial charge is 0.350 e. The van der Waals surface area contributed by atoms with Crippen LogP contribution < -0.4 is 5.73 Å². The van der Waals surface area contributed by atoms with Gasteiger partial charge in [0.15, 0.2) is 0 Å². The number of primary amides is 1. The van der Waals surface area contributed by atoms with Gasteiger partial charge in [-0.2, -0.15) is 0 Å². The van der Waals surface area contributed by atoms with E-state index in [2.05, 4.69) is 17.1 Å². The lowest BCUT2D eigenvalue weighted by Crippen LogP contribution is -2.32. The number of carbonyl (C=O) groups excluding carboxylic acids is 1. The van der Waals surface area contributed by atoms with Gasteiger partial charge in [-0.25, -0.2) is 9.86 Å². The first-order valence-corrected chi connectivity index (χ1v) is 7.34. The Kier molecular flexibility index (Phi) is 5.48. The molecule has 2 aromatic rings. The Labute approximate surface area is 127 Å². The zero-order chi connectivity index (χ0) is 15.1. The molecule has 0 atom stereocenters. The minimum Gasteiger partial charge on any atom is -0.350 e. The third-order valence-corrected chi connectivity index (χ3v) is 3.97. The number of nitrogens with zero attached hydrogens (tertiary/aromatic N) is 2. The first-order chi connectivity index (χ1) is 10.1. The number of nitrogens with two attached hydrogens (primary N) is 1. The van der Waals surface area contributed by atoms with Crippen LogP contribution in [0.1, 0.15) is 15.3 Å². The maximum absolute atomic E-state index is 10.6. The molecular formula is C15H17N3O2S. The maximum atomic E-state index is 10.6. The van der Waals surface area contributed by atoms with Crippen LogP contribution in [0.15, 0.2) is 48.8 Å². The molecular weight excluding hydrogens is 286 g/mol. The van der Waals surface area contributed by atoms with Gasteiger partial charge >= 0.3 is 6.03 Å². The van der Waals surface area contributed by atoms with Crippen LogP contribution in [0, 0.1) is 0 Å².